The van der Waals surface area contributed by atoms with Crippen molar-refractivity contribution in [1.29, 1.82) is 0 Å². The van der Waals surface area contributed by atoms with Gasteiger partial charge in [0.2, 0.25) is 5.91 Å². The van der Waals surface area contributed by atoms with Crippen LogP contribution in [0.15, 0.2) is 95.7 Å². The summed E-state index contributed by atoms with van der Waals surface area (Å²) in [5.41, 5.74) is 8.36. The Balaban J connectivity index is 1.49. The van der Waals surface area contributed by atoms with Crippen LogP contribution in [-0.4, -0.2) is 35.0 Å². The summed E-state index contributed by atoms with van der Waals surface area (Å²) < 4.78 is 8.45. The summed E-state index contributed by atoms with van der Waals surface area (Å²) in [6.45, 7) is 2.66. The number of hydrogen-bond donors (Lipinski definition) is 1. The molecule has 1 N–H and O–H groups in total. The standard InChI is InChI=1S/C34H28N4O3/c1-21-10-12-22(13-11-21)33-32(34(40)35-2)26-18-25(28(19-30(26)41-33)37-16-6-9-31(37)39)23-14-15-27-29(17-23)38(20-36-27)24-7-4-3-5-8-24/h3-5,7-8,10-15,17-20H,6,9,16H2,1-2H3,(H,35,40). The molecule has 7 nitrogen and oxygen atoms in total. The number of fused-ring (bicyclic) bond motifs is 2. The van der Waals surface area contributed by atoms with Gasteiger partial charge in [0.1, 0.15) is 17.7 Å². The van der Waals surface area contributed by atoms with Crippen LogP contribution < -0.4 is 10.2 Å². The Morgan fingerprint density at radius 1 is 0.951 bits per heavy atom. The monoisotopic (exact) mass is 540 g/mol. The van der Waals surface area contributed by atoms with Crippen molar-refractivity contribution in [2.24, 2.45) is 0 Å². The van der Waals surface area contributed by atoms with Gasteiger partial charge < -0.3 is 14.6 Å². The molecule has 0 radical (unpaired) electrons. The maximum Gasteiger partial charge on any atom is 0.255 e. The van der Waals surface area contributed by atoms with Gasteiger partial charge in [-0.25, -0.2) is 4.98 Å². The molecule has 0 atom stereocenters. The number of carbonyl (C=O) groups excluding carboxylic acids is 2. The Morgan fingerprint density at radius 2 is 1.73 bits per heavy atom. The highest BCUT2D eigenvalue weighted by molar-refractivity contribution is 6.14. The number of nitrogens with zero attached hydrogens (tertiary/aromatic N) is 3. The van der Waals surface area contributed by atoms with Gasteiger partial charge in [0.25, 0.3) is 5.91 Å². The molecule has 4 aromatic carbocycles. The number of benzene rings is 4. The largest absolute Gasteiger partial charge is 0.455 e. The lowest BCUT2D eigenvalue weighted by Crippen LogP contribution is -2.24. The highest BCUT2D eigenvalue weighted by Crippen LogP contribution is 2.42. The fourth-order valence-corrected chi connectivity index (χ4v) is 5.72. The first-order valence-corrected chi connectivity index (χ1v) is 13.7. The van der Waals surface area contributed by atoms with Crippen molar-refractivity contribution in [1.82, 2.24) is 14.9 Å². The van der Waals surface area contributed by atoms with Gasteiger partial charge in [0, 0.05) is 48.3 Å². The molecule has 6 aromatic rings. The fourth-order valence-electron chi connectivity index (χ4n) is 5.72. The number of anilines is 1. The van der Waals surface area contributed by atoms with Crippen molar-refractivity contribution in [2.45, 2.75) is 19.8 Å². The van der Waals surface area contributed by atoms with E-state index in [1.807, 2.05) is 97.0 Å². The lowest BCUT2D eigenvalue weighted by Gasteiger charge is -2.20. The number of aryl methyl sites for hydroxylation is 1. The SMILES string of the molecule is CNC(=O)c1c(-c2ccc(C)cc2)oc2cc(N3CCCC3=O)c(-c3ccc4ncn(-c5ccccc5)c4c3)cc12. The van der Waals surface area contributed by atoms with Crippen LogP contribution in [0.25, 0.3) is 50.1 Å². The summed E-state index contributed by atoms with van der Waals surface area (Å²) in [4.78, 5) is 32.7. The predicted molar refractivity (Wildman–Crippen MR) is 161 cm³/mol. The van der Waals surface area contributed by atoms with E-state index in [0.717, 1.165) is 51.1 Å². The first kappa shape index (κ1) is 24.8. The predicted octanol–water partition coefficient (Wildman–Crippen LogP) is 6.90. The summed E-state index contributed by atoms with van der Waals surface area (Å²) in [6.07, 6.45) is 3.13. The van der Waals surface area contributed by atoms with E-state index in [0.29, 0.717) is 35.3 Å². The minimum absolute atomic E-state index is 0.0813. The summed E-state index contributed by atoms with van der Waals surface area (Å²) in [6, 6.07) is 28.0. The Bertz CT molecular complexity index is 1950. The molecule has 3 heterocycles. The molecule has 7 heteroatoms. The number of para-hydroxylation sites is 1. The maximum absolute atomic E-state index is 13.3. The van der Waals surface area contributed by atoms with E-state index in [2.05, 4.69) is 20.9 Å². The first-order chi connectivity index (χ1) is 20.0. The van der Waals surface area contributed by atoms with Crippen LogP contribution in [0.3, 0.4) is 0 Å². The minimum Gasteiger partial charge on any atom is -0.455 e. The topological polar surface area (TPSA) is 80.4 Å². The molecule has 2 aromatic heterocycles. The first-order valence-electron chi connectivity index (χ1n) is 13.7. The molecule has 1 fully saturated rings. The molecule has 0 unspecified atom stereocenters. The Kier molecular flexibility index (Phi) is 5.93. The quantitative estimate of drug-likeness (QED) is 0.258. The Labute approximate surface area is 237 Å². The molecule has 41 heavy (non-hydrogen) atoms. The number of aromatic nitrogens is 2. The van der Waals surface area contributed by atoms with Crippen LogP contribution in [0.1, 0.15) is 28.8 Å². The molecular weight excluding hydrogens is 512 g/mol. The molecular formula is C34H28N4O3. The third kappa shape index (κ3) is 4.17. The van der Waals surface area contributed by atoms with E-state index < -0.39 is 0 Å². The van der Waals surface area contributed by atoms with Gasteiger partial charge in [-0.1, -0.05) is 54.1 Å². The van der Waals surface area contributed by atoms with E-state index >= 15 is 0 Å². The van der Waals surface area contributed by atoms with E-state index in [1.54, 1.807) is 7.05 Å². The molecule has 202 valence electrons. The number of imidazole rings is 1. The van der Waals surface area contributed by atoms with E-state index in [-0.39, 0.29) is 11.8 Å². The smallest absolute Gasteiger partial charge is 0.255 e. The van der Waals surface area contributed by atoms with E-state index in [9.17, 15) is 9.59 Å². The van der Waals surface area contributed by atoms with Gasteiger partial charge in [0.05, 0.1) is 22.3 Å². The van der Waals surface area contributed by atoms with Crippen LogP contribution in [-0.2, 0) is 4.79 Å². The molecule has 7 rings (SSSR count). The van der Waals surface area contributed by atoms with Crippen LogP contribution >= 0.6 is 0 Å². The molecule has 0 bridgehead atoms. The van der Waals surface area contributed by atoms with Crippen molar-refractivity contribution in [3.8, 4) is 28.1 Å². The Morgan fingerprint density at radius 3 is 2.46 bits per heavy atom. The average Bonchev–Trinajstić information content (AvgIpc) is 3.73. The van der Waals surface area contributed by atoms with Gasteiger partial charge >= 0.3 is 0 Å². The maximum atomic E-state index is 13.3. The third-order valence-corrected chi connectivity index (χ3v) is 7.83. The lowest BCUT2D eigenvalue weighted by atomic mass is 9.97. The minimum atomic E-state index is -0.229. The molecule has 0 spiro atoms. The van der Waals surface area contributed by atoms with E-state index in [1.165, 1.54) is 0 Å². The van der Waals surface area contributed by atoms with Crippen LogP contribution in [0.2, 0.25) is 0 Å². The summed E-state index contributed by atoms with van der Waals surface area (Å²) in [5, 5.41) is 3.48. The normalized spacial score (nSPS) is 13.4. The second-order valence-electron chi connectivity index (χ2n) is 10.4. The number of furan rings is 1. The number of amides is 2. The third-order valence-electron chi connectivity index (χ3n) is 7.83. The number of hydrogen-bond acceptors (Lipinski definition) is 4. The van der Waals surface area contributed by atoms with Gasteiger partial charge in [-0.3, -0.25) is 14.2 Å². The second-order valence-corrected chi connectivity index (χ2v) is 10.4. The number of rotatable bonds is 5. The van der Waals surface area contributed by atoms with Gasteiger partial charge in [-0.2, -0.15) is 0 Å². The number of carbonyl (C=O) groups is 2. The summed E-state index contributed by atoms with van der Waals surface area (Å²) >= 11 is 0. The van der Waals surface area contributed by atoms with Crippen molar-refractivity contribution in [3.63, 3.8) is 0 Å². The second kappa shape index (κ2) is 9.78. The highest BCUT2D eigenvalue weighted by atomic mass is 16.3. The van der Waals surface area contributed by atoms with Gasteiger partial charge in [0.15, 0.2) is 0 Å². The van der Waals surface area contributed by atoms with Crippen molar-refractivity contribution in [2.75, 3.05) is 18.5 Å². The zero-order chi connectivity index (χ0) is 28.1. The van der Waals surface area contributed by atoms with E-state index in [4.69, 9.17) is 4.42 Å². The zero-order valence-electron chi connectivity index (χ0n) is 22.8. The highest BCUT2D eigenvalue weighted by Gasteiger charge is 2.28. The molecule has 0 saturated carbocycles. The molecule has 0 aliphatic carbocycles. The average molecular weight is 541 g/mol. The van der Waals surface area contributed by atoms with Gasteiger partial charge in [-0.05, 0) is 49.2 Å². The summed E-state index contributed by atoms with van der Waals surface area (Å²) in [5.74, 6) is 0.360. The zero-order valence-corrected chi connectivity index (χ0v) is 22.8. The van der Waals surface area contributed by atoms with Crippen LogP contribution in [0.4, 0.5) is 5.69 Å². The van der Waals surface area contributed by atoms with Gasteiger partial charge in [-0.15, -0.1) is 0 Å². The molecule has 2 amide bonds. The van der Waals surface area contributed by atoms with Crippen LogP contribution in [0, 0.1) is 6.92 Å². The molecule has 1 saturated heterocycles. The lowest BCUT2D eigenvalue weighted by molar-refractivity contribution is -0.117. The molecule has 1 aliphatic heterocycles. The van der Waals surface area contributed by atoms with Crippen molar-refractivity contribution < 1.29 is 14.0 Å². The van der Waals surface area contributed by atoms with Crippen molar-refractivity contribution in [3.05, 3.63) is 102 Å². The Hall–Kier alpha value is -5.17. The fraction of sp³-hybridized carbons (Fsp3) is 0.147. The van der Waals surface area contributed by atoms with Crippen LogP contribution in [0.5, 0.6) is 0 Å². The number of nitrogens with one attached hydrogen (secondary N) is 1. The summed E-state index contributed by atoms with van der Waals surface area (Å²) in [7, 11) is 1.62. The van der Waals surface area contributed by atoms with Crippen molar-refractivity contribution >= 4 is 39.5 Å². The molecule has 1 aliphatic rings.